The monoisotopic (exact) mass is 94.1 g/mol. The minimum absolute atomic E-state index is 1.04. The van der Waals surface area contributed by atoms with Crippen molar-refractivity contribution in [3.05, 3.63) is 23.6 Å². The maximum atomic E-state index is 3.39. The summed E-state index contributed by atoms with van der Waals surface area (Å²) in [6.45, 7) is 7.49. The minimum atomic E-state index is 1.04. The Labute approximate surface area is 44.9 Å². The third-order valence-corrected chi connectivity index (χ3v) is 0.832. The van der Waals surface area contributed by atoms with Crippen molar-refractivity contribution >= 4 is 0 Å². The van der Waals surface area contributed by atoms with E-state index in [-0.39, 0.29) is 0 Å². The Morgan fingerprint density at radius 1 is 1.71 bits per heavy atom. The predicted octanol–water partition coefficient (Wildman–Crippen LogP) is 2.28. The lowest BCUT2D eigenvalue weighted by Crippen LogP contribution is -1.61. The fraction of sp³-hybridized carbons (Fsp3) is 0.429. The fourth-order valence-electron chi connectivity index (χ4n) is 0.239. The van der Waals surface area contributed by atoms with Crippen molar-refractivity contribution in [2.24, 2.45) is 0 Å². The topological polar surface area (TPSA) is 0 Å². The molecule has 7 heavy (non-hydrogen) atoms. The van der Waals surface area contributed by atoms with Gasteiger partial charge in [0.2, 0.25) is 0 Å². The van der Waals surface area contributed by atoms with Gasteiger partial charge in [-0.1, -0.05) is 18.4 Å². The van der Waals surface area contributed by atoms with Gasteiger partial charge in [0.25, 0.3) is 0 Å². The van der Waals surface area contributed by atoms with E-state index in [4.69, 9.17) is 0 Å². The van der Waals surface area contributed by atoms with E-state index in [0.717, 1.165) is 6.42 Å². The third kappa shape index (κ3) is 3.12. The SMILES string of the molecule is C=C=C=C(C)CC. The smallest absolute Gasteiger partial charge is 0.0233 e. The molecule has 0 aromatic carbocycles. The highest BCUT2D eigenvalue weighted by Crippen LogP contribution is 1.91. The molecule has 0 aliphatic heterocycles. The van der Waals surface area contributed by atoms with Crippen LogP contribution >= 0.6 is 0 Å². The fourth-order valence-corrected chi connectivity index (χ4v) is 0.239. The zero-order valence-electron chi connectivity index (χ0n) is 4.91. The second kappa shape index (κ2) is 3.49. The molecular weight excluding hydrogens is 84.1 g/mol. The predicted molar refractivity (Wildman–Crippen MR) is 32.1 cm³/mol. The summed E-state index contributed by atoms with van der Waals surface area (Å²) in [5.74, 6) is 0. The molecule has 38 valence electrons. The van der Waals surface area contributed by atoms with Gasteiger partial charge in [-0.25, -0.2) is 0 Å². The Balaban J connectivity index is 4.01. The molecule has 0 N–H and O–H groups in total. The van der Waals surface area contributed by atoms with Crippen molar-refractivity contribution in [1.82, 2.24) is 0 Å². The zero-order chi connectivity index (χ0) is 5.70. The number of hydrogen-bond acceptors (Lipinski definition) is 0. The summed E-state index contributed by atoms with van der Waals surface area (Å²) in [5, 5.41) is 0. The number of rotatable bonds is 1. The molecule has 0 rings (SSSR count). The highest BCUT2D eigenvalue weighted by molar-refractivity contribution is 4.94. The first-order valence-corrected chi connectivity index (χ1v) is 2.41. The van der Waals surface area contributed by atoms with Crippen LogP contribution in [0.3, 0.4) is 0 Å². The van der Waals surface area contributed by atoms with Gasteiger partial charge in [-0.2, -0.15) is 0 Å². The van der Waals surface area contributed by atoms with Gasteiger partial charge in [0.05, 0.1) is 0 Å². The molecule has 0 aliphatic rings. The first-order chi connectivity index (χ1) is 3.31. The second-order valence-electron chi connectivity index (χ2n) is 1.44. The Hall–Kier alpha value is -0.700. The lowest BCUT2D eigenvalue weighted by Gasteiger charge is -1.79. The summed E-state index contributed by atoms with van der Waals surface area (Å²) in [6.07, 6.45) is 1.04. The molecule has 0 saturated heterocycles. The van der Waals surface area contributed by atoms with Crippen LogP contribution in [-0.2, 0) is 0 Å². The molecule has 0 spiro atoms. The van der Waals surface area contributed by atoms with Crippen LogP contribution in [0.4, 0.5) is 0 Å². The molecule has 0 heterocycles. The number of hydrogen-bond donors (Lipinski definition) is 0. The first kappa shape index (κ1) is 6.30. The molecule has 0 radical (unpaired) electrons. The summed E-state index contributed by atoms with van der Waals surface area (Å²) in [4.78, 5) is 0. The second-order valence-corrected chi connectivity index (χ2v) is 1.44. The summed E-state index contributed by atoms with van der Waals surface area (Å²) in [5.41, 5.74) is 6.64. The molecule has 0 aromatic rings. The van der Waals surface area contributed by atoms with Gasteiger partial charge in [-0.3, -0.25) is 0 Å². The zero-order valence-corrected chi connectivity index (χ0v) is 4.91. The maximum Gasteiger partial charge on any atom is -0.0233 e. The Bertz CT molecular complexity index is 119. The quantitative estimate of drug-likeness (QED) is 0.437. The van der Waals surface area contributed by atoms with Gasteiger partial charge >= 0.3 is 0 Å². The van der Waals surface area contributed by atoms with Crippen LogP contribution in [0.5, 0.6) is 0 Å². The van der Waals surface area contributed by atoms with Crippen molar-refractivity contribution in [1.29, 1.82) is 0 Å². The third-order valence-electron chi connectivity index (χ3n) is 0.832. The van der Waals surface area contributed by atoms with Crippen molar-refractivity contribution in [2.45, 2.75) is 20.3 Å². The number of allylic oxidation sites excluding steroid dienone is 1. The summed E-state index contributed by atoms with van der Waals surface area (Å²) in [7, 11) is 0. The van der Waals surface area contributed by atoms with Gasteiger partial charge in [0, 0.05) is 0 Å². The highest BCUT2D eigenvalue weighted by Gasteiger charge is 1.73. The lowest BCUT2D eigenvalue weighted by molar-refractivity contribution is 1.11. The molecule has 0 aliphatic carbocycles. The molecule has 0 bridgehead atoms. The Morgan fingerprint density at radius 2 is 2.29 bits per heavy atom. The van der Waals surface area contributed by atoms with E-state index in [2.05, 4.69) is 25.0 Å². The van der Waals surface area contributed by atoms with Crippen LogP contribution in [0.2, 0.25) is 0 Å². The van der Waals surface area contributed by atoms with E-state index in [1.54, 1.807) is 0 Å². The Morgan fingerprint density at radius 3 is 2.43 bits per heavy atom. The average molecular weight is 94.2 g/mol. The van der Waals surface area contributed by atoms with Gasteiger partial charge in [-0.15, -0.1) is 0 Å². The molecule has 0 nitrogen and oxygen atoms in total. The molecule has 0 amide bonds. The van der Waals surface area contributed by atoms with Gasteiger partial charge in [0.1, 0.15) is 0 Å². The van der Waals surface area contributed by atoms with Crippen molar-refractivity contribution in [2.75, 3.05) is 0 Å². The molecule has 0 atom stereocenters. The van der Waals surface area contributed by atoms with E-state index >= 15 is 0 Å². The maximum absolute atomic E-state index is 3.39. The molecule has 0 saturated carbocycles. The molecule has 0 heteroatoms. The standard InChI is InChI=1S/C7H10/c1-4-6-7(3)5-2/h1,5H2,2-3H3. The molecule has 0 aromatic heterocycles. The average Bonchev–Trinajstić information content (AvgIpc) is 1.68. The van der Waals surface area contributed by atoms with Crippen LogP contribution in [0, 0.1) is 0 Å². The van der Waals surface area contributed by atoms with Crippen molar-refractivity contribution in [3.63, 3.8) is 0 Å². The largest absolute Gasteiger partial charge is 0.0782 e. The van der Waals surface area contributed by atoms with E-state index in [1.165, 1.54) is 5.57 Å². The molecular formula is C7H10. The molecule has 0 fully saturated rings. The normalized spacial score (nSPS) is 6.57. The van der Waals surface area contributed by atoms with E-state index in [0.29, 0.717) is 0 Å². The van der Waals surface area contributed by atoms with Crippen LogP contribution in [0.25, 0.3) is 0 Å². The summed E-state index contributed by atoms with van der Waals surface area (Å²) >= 11 is 0. The van der Waals surface area contributed by atoms with Crippen LogP contribution in [0.15, 0.2) is 23.6 Å². The summed E-state index contributed by atoms with van der Waals surface area (Å²) < 4.78 is 0. The lowest BCUT2D eigenvalue weighted by atomic mass is 10.3. The summed E-state index contributed by atoms with van der Waals surface area (Å²) in [6, 6.07) is 0. The van der Waals surface area contributed by atoms with Crippen molar-refractivity contribution < 1.29 is 0 Å². The van der Waals surface area contributed by atoms with E-state index in [1.807, 2.05) is 6.92 Å². The highest BCUT2D eigenvalue weighted by atomic mass is 13.8. The van der Waals surface area contributed by atoms with Gasteiger partial charge in [-0.05, 0) is 25.5 Å². The van der Waals surface area contributed by atoms with Gasteiger partial charge < -0.3 is 0 Å². The van der Waals surface area contributed by atoms with Crippen LogP contribution < -0.4 is 0 Å². The van der Waals surface area contributed by atoms with Crippen LogP contribution in [0.1, 0.15) is 20.3 Å². The van der Waals surface area contributed by atoms with Gasteiger partial charge in [0.15, 0.2) is 0 Å². The molecule has 0 unspecified atom stereocenters. The Kier molecular flexibility index (Phi) is 3.14. The first-order valence-electron chi connectivity index (χ1n) is 2.41. The van der Waals surface area contributed by atoms with Crippen LogP contribution in [-0.4, -0.2) is 0 Å². The van der Waals surface area contributed by atoms with E-state index in [9.17, 15) is 0 Å². The van der Waals surface area contributed by atoms with E-state index < -0.39 is 0 Å². The minimum Gasteiger partial charge on any atom is -0.0782 e. The van der Waals surface area contributed by atoms with Crippen molar-refractivity contribution in [3.8, 4) is 0 Å².